The molecule has 0 bridgehead atoms. The van der Waals surface area contributed by atoms with Crippen LogP contribution in [-0.2, 0) is 9.59 Å². The molecule has 1 unspecified atom stereocenters. The van der Waals surface area contributed by atoms with Gasteiger partial charge in [-0.25, -0.2) is 9.69 Å². The highest BCUT2D eigenvalue weighted by Crippen LogP contribution is 2.24. The summed E-state index contributed by atoms with van der Waals surface area (Å²) in [5.41, 5.74) is 0.862. The molecule has 27 heavy (non-hydrogen) atoms. The standard InChI is InChI=1S/C19H26N4O4/c1-5-15(20-11-6-12-22(2)3)16-17(24)21-19(26)23(18(16)25)13-7-9-14(27-4)10-8-13/h7-10,16H,5-6,11-12H2,1-4H3,(H,21,24,26). The number of hydrogen-bond donors (Lipinski definition) is 1. The lowest BCUT2D eigenvalue weighted by atomic mass is 9.96. The molecule has 0 spiro atoms. The Hall–Kier alpha value is -2.74. The van der Waals surface area contributed by atoms with Gasteiger partial charge >= 0.3 is 6.03 Å². The van der Waals surface area contributed by atoms with Gasteiger partial charge in [0.2, 0.25) is 5.91 Å². The van der Waals surface area contributed by atoms with Gasteiger partial charge in [-0.1, -0.05) is 6.92 Å². The number of aliphatic imine (C=N–C) groups is 1. The largest absolute Gasteiger partial charge is 0.497 e. The van der Waals surface area contributed by atoms with Crippen LogP contribution < -0.4 is 15.0 Å². The van der Waals surface area contributed by atoms with Crippen molar-refractivity contribution in [2.45, 2.75) is 19.8 Å². The van der Waals surface area contributed by atoms with Crippen LogP contribution in [0.4, 0.5) is 10.5 Å². The van der Waals surface area contributed by atoms with Crippen molar-refractivity contribution in [3.05, 3.63) is 24.3 Å². The van der Waals surface area contributed by atoms with E-state index >= 15 is 0 Å². The number of nitrogens with zero attached hydrogens (tertiary/aromatic N) is 3. The zero-order valence-corrected chi connectivity index (χ0v) is 16.2. The molecule has 0 aliphatic carbocycles. The number of carbonyl (C=O) groups is 3. The first kappa shape index (κ1) is 20.6. The van der Waals surface area contributed by atoms with Gasteiger partial charge in [-0.15, -0.1) is 0 Å². The van der Waals surface area contributed by atoms with Crippen LogP contribution in [0.3, 0.4) is 0 Å². The van der Waals surface area contributed by atoms with Crippen molar-refractivity contribution in [1.29, 1.82) is 0 Å². The summed E-state index contributed by atoms with van der Waals surface area (Å²) in [6.45, 7) is 3.23. The van der Waals surface area contributed by atoms with Crippen molar-refractivity contribution >= 4 is 29.2 Å². The molecule has 1 atom stereocenters. The first-order valence-electron chi connectivity index (χ1n) is 8.89. The number of barbiturate groups is 1. The Kier molecular flexibility index (Phi) is 7.06. The molecule has 0 radical (unpaired) electrons. The lowest BCUT2D eigenvalue weighted by molar-refractivity contribution is -0.131. The van der Waals surface area contributed by atoms with Crippen molar-refractivity contribution in [2.75, 3.05) is 39.2 Å². The van der Waals surface area contributed by atoms with Gasteiger partial charge in [0.05, 0.1) is 12.8 Å². The van der Waals surface area contributed by atoms with Crippen molar-refractivity contribution in [1.82, 2.24) is 10.2 Å². The maximum absolute atomic E-state index is 13.0. The molecule has 1 saturated heterocycles. The molecule has 1 heterocycles. The third-order valence-electron chi connectivity index (χ3n) is 4.27. The van der Waals surface area contributed by atoms with Gasteiger partial charge in [0.25, 0.3) is 5.91 Å². The van der Waals surface area contributed by atoms with Crippen molar-refractivity contribution in [3.63, 3.8) is 0 Å². The quantitative estimate of drug-likeness (QED) is 0.425. The summed E-state index contributed by atoms with van der Waals surface area (Å²) in [6, 6.07) is 5.75. The number of amides is 4. The molecule has 1 aliphatic heterocycles. The van der Waals surface area contributed by atoms with Gasteiger partial charge in [-0.3, -0.25) is 19.9 Å². The van der Waals surface area contributed by atoms with E-state index in [1.165, 1.54) is 7.11 Å². The molecule has 1 fully saturated rings. The van der Waals surface area contributed by atoms with Gasteiger partial charge in [0.15, 0.2) is 5.92 Å². The van der Waals surface area contributed by atoms with Crippen LogP contribution in [0, 0.1) is 5.92 Å². The number of carbonyl (C=O) groups excluding carboxylic acids is 3. The van der Waals surface area contributed by atoms with Crippen molar-refractivity contribution < 1.29 is 19.1 Å². The predicted octanol–water partition coefficient (Wildman–Crippen LogP) is 1.70. The van der Waals surface area contributed by atoms with Crippen LogP contribution in [0.1, 0.15) is 19.8 Å². The van der Waals surface area contributed by atoms with Gasteiger partial charge in [0.1, 0.15) is 5.75 Å². The third-order valence-corrected chi connectivity index (χ3v) is 4.27. The van der Waals surface area contributed by atoms with E-state index in [0.29, 0.717) is 30.1 Å². The minimum atomic E-state index is -1.09. The van der Waals surface area contributed by atoms with E-state index in [1.54, 1.807) is 24.3 Å². The molecule has 1 aliphatic rings. The smallest absolute Gasteiger partial charge is 0.335 e. The third kappa shape index (κ3) is 4.91. The van der Waals surface area contributed by atoms with Crippen LogP contribution in [0.5, 0.6) is 5.75 Å². The first-order chi connectivity index (χ1) is 12.9. The number of rotatable bonds is 8. The predicted molar refractivity (Wildman–Crippen MR) is 103 cm³/mol. The van der Waals surface area contributed by atoms with E-state index in [4.69, 9.17) is 4.74 Å². The maximum Gasteiger partial charge on any atom is 0.335 e. The monoisotopic (exact) mass is 374 g/mol. The zero-order chi connectivity index (χ0) is 20.0. The average molecular weight is 374 g/mol. The average Bonchev–Trinajstić information content (AvgIpc) is 2.63. The van der Waals surface area contributed by atoms with Crippen LogP contribution in [0.25, 0.3) is 0 Å². The Labute approximate surface area is 159 Å². The number of benzene rings is 1. The second kappa shape index (κ2) is 9.27. The van der Waals surface area contributed by atoms with E-state index in [-0.39, 0.29) is 0 Å². The number of urea groups is 1. The topological polar surface area (TPSA) is 91.3 Å². The maximum atomic E-state index is 13.0. The molecule has 1 aromatic carbocycles. The molecule has 2 rings (SSSR count). The van der Waals surface area contributed by atoms with E-state index < -0.39 is 23.8 Å². The van der Waals surface area contributed by atoms with Crippen LogP contribution in [0.15, 0.2) is 29.3 Å². The van der Waals surface area contributed by atoms with Crippen molar-refractivity contribution in [3.8, 4) is 5.75 Å². The molecule has 0 aromatic heterocycles. The lowest BCUT2D eigenvalue weighted by Gasteiger charge is -2.30. The fraction of sp³-hybridized carbons (Fsp3) is 0.474. The van der Waals surface area contributed by atoms with E-state index in [0.717, 1.165) is 17.9 Å². The van der Waals surface area contributed by atoms with Crippen molar-refractivity contribution in [2.24, 2.45) is 10.9 Å². The number of ether oxygens (including phenoxy) is 1. The van der Waals surface area contributed by atoms with Gasteiger partial charge < -0.3 is 9.64 Å². The molecular weight excluding hydrogens is 348 g/mol. The molecular formula is C19H26N4O4. The number of nitrogens with one attached hydrogen (secondary N) is 1. The Balaban J connectivity index is 2.24. The fourth-order valence-electron chi connectivity index (χ4n) is 2.86. The molecule has 4 amide bonds. The molecule has 1 N–H and O–H groups in total. The number of imide groups is 2. The first-order valence-corrected chi connectivity index (χ1v) is 8.89. The van der Waals surface area contributed by atoms with Crippen LogP contribution >= 0.6 is 0 Å². The van der Waals surface area contributed by atoms with E-state index in [2.05, 4.69) is 10.3 Å². The van der Waals surface area contributed by atoms with Crippen LogP contribution in [0.2, 0.25) is 0 Å². The Morgan fingerprint density at radius 2 is 1.89 bits per heavy atom. The number of methoxy groups -OCH3 is 1. The normalized spacial score (nSPS) is 18.1. The number of hydrogen-bond acceptors (Lipinski definition) is 6. The fourth-order valence-corrected chi connectivity index (χ4v) is 2.86. The molecule has 8 nitrogen and oxygen atoms in total. The summed E-state index contributed by atoms with van der Waals surface area (Å²) in [4.78, 5) is 45.1. The Bertz CT molecular complexity index is 728. The summed E-state index contributed by atoms with van der Waals surface area (Å²) in [6.07, 6.45) is 1.27. The molecule has 8 heteroatoms. The Morgan fingerprint density at radius 1 is 1.22 bits per heavy atom. The second-order valence-corrected chi connectivity index (χ2v) is 6.48. The summed E-state index contributed by atoms with van der Waals surface area (Å²) < 4.78 is 5.10. The summed E-state index contributed by atoms with van der Waals surface area (Å²) >= 11 is 0. The molecule has 146 valence electrons. The summed E-state index contributed by atoms with van der Waals surface area (Å²) in [5.74, 6) is -1.69. The summed E-state index contributed by atoms with van der Waals surface area (Å²) in [7, 11) is 5.48. The second-order valence-electron chi connectivity index (χ2n) is 6.48. The molecule has 1 aromatic rings. The van der Waals surface area contributed by atoms with E-state index in [9.17, 15) is 14.4 Å². The minimum Gasteiger partial charge on any atom is -0.497 e. The van der Waals surface area contributed by atoms with Gasteiger partial charge in [0, 0.05) is 12.3 Å². The van der Waals surface area contributed by atoms with Gasteiger partial charge in [-0.05, 0) is 57.7 Å². The summed E-state index contributed by atoms with van der Waals surface area (Å²) in [5, 5.41) is 2.27. The lowest BCUT2D eigenvalue weighted by Crippen LogP contribution is -2.60. The van der Waals surface area contributed by atoms with Gasteiger partial charge in [-0.2, -0.15) is 0 Å². The van der Waals surface area contributed by atoms with E-state index in [1.807, 2.05) is 25.9 Å². The Morgan fingerprint density at radius 3 is 2.44 bits per heavy atom. The van der Waals surface area contributed by atoms with Crippen LogP contribution in [-0.4, -0.2) is 62.8 Å². The number of anilines is 1. The molecule has 0 saturated carbocycles. The zero-order valence-electron chi connectivity index (χ0n) is 16.2. The highest BCUT2D eigenvalue weighted by molar-refractivity contribution is 6.35. The minimum absolute atomic E-state index is 0.374. The highest BCUT2D eigenvalue weighted by atomic mass is 16.5. The SMILES string of the molecule is CCC(=NCCCN(C)C)C1C(=O)NC(=O)N(c2ccc(OC)cc2)C1=O. The highest BCUT2D eigenvalue weighted by Gasteiger charge is 2.43.